The molecular weight excluding hydrogens is 390 g/mol. The molecule has 0 spiro atoms. The Kier molecular flexibility index (Phi) is 5.92. The molecule has 29 heavy (non-hydrogen) atoms. The van der Waals surface area contributed by atoms with Crippen molar-refractivity contribution in [2.75, 3.05) is 18.0 Å². The van der Waals surface area contributed by atoms with Gasteiger partial charge in [0.05, 0.1) is 11.3 Å². The van der Waals surface area contributed by atoms with E-state index >= 15 is 0 Å². The Hall–Kier alpha value is -3.28. The monoisotopic (exact) mass is 407 g/mol. The molecule has 2 aromatic rings. The second-order valence-corrected chi connectivity index (χ2v) is 6.59. The van der Waals surface area contributed by atoms with Gasteiger partial charge in [-0.3, -0.25) is 0 Å². The average Bonchev–Trinajstić information content (AvgIpc) is 2.66. The smallest absolute Gasteiger partial charge is 0.368 e. The van der Waals surface area contributed by atoms with Crippen molar-refractivity contribution in [3.8, 4) is 17.2 Å². The normalized spacial score (nSPS) is 16.8. The van der Waals surface area contributed by atoms with Crippen LogP contribution in [0.1, 0.15) is 18.4 Å². The van der Waals surface area contributed by atoms with E-state index in [4.69, 9.17) is 0 Å². The van der Waals surface area contributed by atoms with Crippen LogP contribution in [0, 0.1) is 17.1 Å². The number of amides is 1. The largest absolute Gasteiger partial charge is 0.576 e. The SMILES string of the molecule is N#Cc1ccc(-c2ccccc2F)cc1N1CCCC(NC(=O)OC(F)(F)F)C1. The van der Waals surface area contributed by atoms with E-state index in [-0.39, 0.29) is 6.54 Å². The standard InChI is InChI=1S/C20H17F4N3O2/c21-17-6-2-1-5-16(17)13-7-8-14(11-25)18(10-13)27-9-3-4-15(12-27)26-19(28)29-20(22,23)24/h1-2,5-8,10,15H,3-4,9,12H2,(H,26,28). The van der Waals surface area contributed by atoms with Gasteiger partial charge in [0.2, 0.25) is 0 Å². The number of nitriles is 1. The second-order valence-electron chi connectivity index (χ2n) is 6.59. The molecule has 152 valence electrons. The van der Waals surface area contributed by atoms with Crippen LogP contribution in [0.2, 0.25) is 0 Å². The third-order valence-corrected chi connectivity index (χ3v) is 4.60. The van der Waals surface area contributed by atoms with Gasteiger partial charge in [-0.1, -0.05) is 24.3 Å². The number of nitrogens with zero attached hydrogens (tertiary/aromatic N) is 2. The van der Waals surface area contributed by atoms with Crippen molar-refractivity contribution in [1.29, 1.82) is 5.26 Å². The molecule has 1 heterocycles. The number of halogens is 4. The van der Waals surface area contributed by atoms with Crippen LogP contribution in [-0.2, 0) is 4.74 Å². The lowest BCUT2D eigenvalue weighted by Gasteiger charge is -2.35. The molecule has 3 rings (SSSR count). The van der Waals surface area contributed by atoms with Gasteiger partial charge in [-0.15, -0.1) is 13.2 Å². The van der Waals surface area contributed by atoms with Crippen LogP contribution in [-0.4, -0.2) is 31.6 Å². The maximum absolute atomic E-state index is 14.1. The fourth-order valence-corrected chi connectivity index (χ4v) is 3.37. The number of alkyl carbamates (subject to hydrolysis) is 1. The summed E-state index contributed by atoms with van der Waals surface area (Å²) in [5, 5.41) is 11.6. The number of piperidine rings is 1. The second kappa shape index (κ2) is 8.39. The fourth-order valence-electron chi connectivity index (χ4n) is 3.37. The molecule has 0 saturated carbocycles. The molecule has 0 bridgehead atoms. The Morgan fingerprint density at radius 3 is 2.69 bits per heavy atom. The van der Waals surface area contributed by atoms with Crippen LogP contribution >= 0.6 is 0 Å². The molecule has 0 aromatic heterocycles. The van der Waals surface area contributed by atoms with E-state index in [0.29, 0.717) is 41.8 Å². The van der Waals surface area contributed by atoms with Gasteiger partial charge in [-0.2, -0.15) is 5.26 Å². The molecule has 1 saturated heterocycles. The number of hydrogen-bond acceptors (Lipinski definition) is 4. The van der Waals surface area contributed by atoms with Gasteiger partial charge in [0.15, 0.2) is 0 Å². The summed E-state index contributed by atoms with van der Waals surface area (Å²) in [5.74, 6) is -0.406. The third kappa shape index (κ3) is 5.16. The van der Waals surface area contributed by atoms with E-state index in [1.165, 1.54) is 6.07 Å². The van der Waals surface area contributed by atoms with Crippen molar-refractivity contribution in [3.05, 3.63) is 53.8 Å². The van der Waals surface area contributed by atoms with Crippen molar-refractivity contribution < 1.29 is 27.1 Å². The summed E-state index contributed by atoms with van der Waals surface area (Å²) in [6.45, 7) is 0.740. The molecule has 1 fully saturated rings. The zero-order chi connectivity index (χ0) is 21.0. The summed E-state index contributed by atoms with van der Waals surface area (Å²) in [6.07, 6.45) is -5.56. The summed E-state index contributed by atoms with van der Waals surface area (Å²) in [5.41, 5.74) is 1.83. The molecule has 1 aliphatic heterocycles. The van der Waals surface area contributed by atoms with Crippen molar-refractivity contribution >= 4 is 11.8 Å². The first-order valence-corrected chi connectivity index (χ1v) is 8.87. The number of hydrogen-bond donors (Lipinski definition) is 1. The maximum Gasteiger partial charge on any atom is 0.576 e. The molecular formula is C20H17F4N3O2. The van der Waals surface area contributed by atoms with E-state index in [0.717, 1.165) is 0 Å². The summed E-state index contributed by atoms with van der Waals surface area (Å²) < 4.78 is 54.0. The molecule has 1 aliphatic rings. The van der Waals surface area contributed by atoms with E-state index in [1.807, 2.05) is 0 Å². The Bertz CT molecular complexity index is 940. The predicted molar refractivity (Wildman–Crippen MR) is 97.5 cm³/mol. The van der Waals surface area contributed by atoms with Gasteiger partial charge in [0.25, 0.3) is 0 Å². The van der Waals surface area contributed by atoms with Gasteiger partial charge >= 0.3 is 12.5 Å². The molecule has 1 N–H and O–H groups in total. The first-order chi connectivity index (χ1) is 13.8. The highest BCUT2D eigenvalue weighted by molar-refractivity contribution is 5.73. The molecule has 1 atom stereocenters. The van der Waals surface area contributed by atoms with E-state index in [9.17, 15) is 27.6 Å². The molecule has 2 aromatic carbocycles. The van der Waals surface area contributed by atoms with Crippen LogP contribution in [0.15, 0.2) is 42.5 Å². The maximum atomic E-state index is 14.1. The highest BCUT2D eigenvalue weighted by atomic mass is 19.4. The number of anilines is 1. The van der Waals surface area contributed by atoms with E-state index < -0.39 is 24.3 Å². The lowest BCUT2D eigenvalue weighted by molar-refractivity contribution is -0.291. The minimum absolute atomic E-state index is 0.197. The molecule has 9 heteroatoms. The van der Waals surface area contributed by atoms with Crippen LogP contribution in [0.4, 0.5) is 28.0 Å². The van der Waals surface area contributed by atoms with Gasteiger partial charge in [-0.05, 0) is 36.6 Å². The third-order valence-electron chi connectivity index (χ3n) is 4.60. The fraction of sp³-hybridized carbons (Fsp3) is 0.300. The minimum atomic E-state index is -5.06. The summed E-state index contributed by atoms with van der Waals surface area (Å²) in [6, 6.07) is 12.6. The van der Waals surface area contributed by atoms with Crippen molar-refractivity contribution in [3.63, 3.8) is 0 Å². The van der Waals surface area contributed by atoms with Gasteiger partial charge < -0.3 is 15.0 Å². The number of nitrogens with one attached hydrogen (secondary N) is 1. The minimum Gasteiger partial charge on any atom is -0.368 e. The first kappa shape index (κ1) is 20.5. The first-order valence-electron chi connectivity index (χ1n) is 8.87. The Morgan fingerprint density at radius 1 is 1.24 bits per heavy atom. The van der Waals surface area contributed by atoms with Gasteiger partial charge in [-0.25, -0.2) is 9.18 Å². The Balaban J connectivity index is 1.82. The molecule has 0 aliphatic carbocycles. The topological polar surface area (TPSA) is 65.4 Å². The number of benzene rings is 2. The lowest BCUT2D eigenvalue weighted by atomic mass is 9.99. The van der Waals surface area contributed by atoms with Gasteiger partial charge in [0, 0.05) is 24.7 Å². The predicted octanol–water partition coefficient (Wildman–Crippen LogP) is 4.58. The van der Waals surface area contributed by atoms with Crippen LogP contribution in [0.25, 0.3) is 11.1 Å². The molecule has 5 nitrogen and oxygen atoms in total. The Labute approximate surface area is 164 Å². The van der Waals surface area contributed by atoms with Gasteiger partial charge in [0.1, 0.15) is 11.9 Å². The summed E-state index contributed by atoms with van der Waals surface area (Å²) >= 11 is 0. The lowest BCUT2D eigenvalue weighted by Crippen LogP contribution is -2.48. The van der Waals surface area contributed by atoms with Crippen molar-refractivity contribution in [1.82, 2.24) is 5.32 Å². The number of alkyl halides is 3. The van der Waals surface area contributed by atoms with E-state index in [1.54, 1.807) is 41.3 Å². The Morgan fingerprint density at radius 2 is 2.00 bits per heavy atom. The number of carbonyl (C=O) groups is 1. The molecule has 0 radical (unpaired) electrons. The van der Waals surface area contributed by atoms with Crippen molar-refractivity contribution in [2.45, 2.75) is 25.2 Å². The molecule has 1 amide bonds. The average molecular weight is 407 g/mol. The van der Waals surface area contributed by atoms with Crippen LogP contribution in [0.5, 0.6) is 0 Å². The highest BCUT2D eigenvalue weighted by Crippen LogP contribution is 2.31. The van der Waals surface area contributed by atoms with Crippen LogP contribution < -0.4 is 10.2 Å². The molecule has 1 unspecified atom stereocenters. The number of rotatable bonds is 3. The zero-order valence-electron chi connectivity index (χ0n) is 15.2. The van der Waals surface area contributed by atoms with E-state index in [2.05, 4.69) is 16.1 Å². The quantitative estimate of drug-likeness (QED) is 0.757. The summed E-state index contributed by atoms with van der Waals surface area (Å²) in [4.78, 5) is 13.2. The zero-order valence-corrected chi connectivity index (χ0v) is 15.2. The van der Waals surface area contributed by atoms with Crippen LogP contribution in [0.3, 0.4) is 0 Å². The number of carbonyl (C=O) groups excluding carboxylic acids is 1. The number of ether oxygens (including phenoxy) is 1. The van der Waals surface area contributed by atoms with Crippen molar-refractivity contribution in [2.24, 2.45) is 0 Å². The summed E-state index contributed by atoms with van der Waals surface area (Å²) in [7, 11) is 0. The highest BCUT2D eigenvalue weighted by Gasteiger charge is 2.35.